The molecule has 2 aromatic rings. The predicted octanol–water partition coefficient (Wildman–Crippen LogP) is 3.87. The highest BCUT2D eigenvalue weighted by Crippen LogP contribution is 2.25. The average Bonchev–Trinajstić information content (AvgIpc) is 2.56. The number of nitrogens with zero attached hydrogens (tertiary/aromatic N) is 1. The number of ether oxygens (including phenoxy) is 1. The van der Waals surface area contributed by atoms with Crippen molar-refractivity contribution in [3.05, 3.63) is 53.6 Å². The van der Waals surface area contributed by atoms with Crippen LogP contribution in [0.25, 0.3) is 0 Å². The largest absolute Gasteiger partial charge is 0.480 e. The van der Waals surface area contributed by atoms with Crippen LogP contribution in [-0.4, -0.2) is 41.5 Å². The highest BCUT2D eigenvalue weighted by molar-refractivity contribution is 6.30. The maximum Gasteiger partial charge on any atom is 0.317 e. The number of benzene rings is 2. The zero-order valence-corrected chi connectivity index (χ0v) is 15.2. The van der Waals surface area contributed by atoms with Gasteiger partial charge in [-0.2, -0.15) is 0 Å². The molecule has 26 heavy (non-hydrogen) atoms. The molecule has 0 radical (unpaired) electrons. The smallest absolute Gasteiger partial charge is 0.317 e. The number of carboxylic acids is 1. The Kier molecular flexibility index (Phi) is 7.44. The lowest BCUT2D eigenvalue weighted by atomic mass is 10.3. The minimum absolute atomic E-state index is 0.0287. The van der Waals surface area contributed by atoms with E-state index < -0.39 is 5.97 Å². The molecule has 0 aromatic heterocycles. The van der Waals surface area contributed by atoms with E-state index in [4.69, 9.17) is 21.4 Å². The fourth-order valence-corrected chi connectivity index (χ4v) is 2.58. The molecule has 1 amide bonds. The van der Waals surface area contributed by atoms with Gasteiger partial charge in [-0.15, -0.1) is 0 Å². The van der Waals surface area contributed by atoms with Gasteiger partial charge in [0.15, 0.2) is 0 Å². The van der Waals surface area contributed by atoms with Crippen LogP contribution < -0.4 is 10.1 Å². The first-order valence-electron chi connectivity index (χ1n) is 8.23. The fraction of sp³-hybridized carbons (Fsp3) is 0.263. The molecule has 2 aromatic carbocycles. The van der Waals surface area contributed by atoms with Gasteiger partial charge in [0.25, 0.3) is 0 Å². The Bertz CT molecular complexity index is 749. The van der Waals surface area contributed by atoms with Crippen molar-refractivity contribution >= 4 is 29.2 Å². The van der Waals surface area contributed by atoms with Crippen molar-refractivity contribution in [3.8, 4) is 11.5 Å². The fourth-order valence-electron chi connectivity index (χ4n) is 2.40. The maximum absolute atomic E-state index is 12.1. The SMILES string of the molecule is CCCN(CC(=O)O)CC(=O)Nc1ccc(Oc2cccc(Cl)c2)cc1. The molecule has 0 aliphatic carbocycles. The van der Waals surface area contributed by atoms with Gasteiger partial charge >= 0.3 is 5.97 Å². The molecule has 0 spiro atoms. The number of halogens is 1. The Labute approximate surface area is 157 Å². The number of carboxylic acid groups (broad SMARTS) is 1. The third-order valence-electron chi connectivity index (χ3n) is 3.44. The van der Waals surface area contributed by atoms with Crippen LogP contribution in [0.3, 0.4) is 0 Å². The van der Waals surface area contributed by atoms with Crippen molar-refractivity contribution in [3.63, 3.8) is 0 Å². The lowest BCUT2D eigenvalue weighted by Gasteiger charge is -2.18. The zero-order chi connectivity index (χ0) is 18.9. The normalized spacial score (nSPS) is 10.6. The van der Waals surface area contributed by atoms with Crippen LogP contribution in [-0.2, 0) is 9.59 Å². The number of aliphatic carboxylic acids is 1. The van der Waals surface area contributed by atoms with Crippen LogP contribution in [0.1, 0.15) is 13.3 Å². The first-order valence-corrected chi connectivity index (χ1v) is 8.61. The first-order chi connectivity index (χ1) is 12.5. The molecule has 0 unspecified atom stereocenters. The van der Waals surface area contributed by atoms with E-state index in [0.29, 0.717) is 28.8 Å². The maximum atomic E-state index is 12.1. The molecule has 0 atom stereocenters. The molecule has 0 fully saturated rings. The van der Waals surface area contributed by atoms with Gasteiger partial charge in [-0.25, -0.2) is 0 Å². The van der Waals surface area contributed by atoms with Gasteiger partial charge in [0.05, 0.1) is 13.1 Å². The highest BCUT2D eigenvalue weighted by atomic mass is 35.5. The van der Waals surface area contributed by atoms with E-state index in [9.17, 15) is 9.59 Å². The van der Waals surface area contributed by atoms with Gasteiger partial charge in [0.1, 0.15) is 11.5 Å². The Morgan fingerprint density at radius 3 is 2.46 bits per heavy atom. The summed E-state index contributed by atoms with van der Waals surface area (Å²) in [5, 5.41) is 12.2. The second-order valence-corrected chi connectivity index (χ2v) is 6.17. The van der Waals surface area contributed by atoms with Gasteiger partial charge in [-0.05, 0) is 55.4 Å². The van der Waals surface area contributed by atoms with Crippen molar-refractivity contribution in [2.24, 2.45) is 0 Å². The average molecular weight is 377 g/mol. The summed E-state index contributed by atoms with van der Waals surface area (Å²) in [5.41, 5.74) is 0.611. The molecular weight excluding hydrogens is 356 g/mol. The van der Waals surface area contributed by atoms with Crippen molar-refractivity contribution in [1.29, 1.82) is 0 Å². The number of anilines is 1. The van der Waals surface area contributed by atoms with Gasteiger partial charge in [0, 0.05) is 10.7 Å². The molecule has 2 N–H and O–H groups in total. The quantitative estimate of drug-likeness (QED) is 0.694. The lowest BCUT2D eigenvalue weighted by molar-refractivity contribution is -0.138. The molecule has 2 rings (SSSR count). The van der Waals surface area contributed by atoms with E-state index in [0.717, 1.165) is 6.42 Å². The Morgan fingerprint density at radius 2 is 1.85 bits per heavy atom. The van der Waals surface area contributed by atoms with Crippen molar-refractivity contribution in [2.45, 2.75) is 13.3 Å². The van der Waals surface area contributed by atoms with Crippen LogP contribution in [0.2, 0.25) is 5.02 Å². The summed E-state index contributed by atoms with van der Waals surface area (Å²) >= 11 is 5.92. The zero-order valence-electron chi connectivity index (χ0n) is 14.4. The van der Waals surface area contributed by atoms with E-state index in [1.807, 2.05) is 6.92 Å². The lowest BCUT2D eigenvalue weighted by Crippen LogP contribution is -2.37. The third-order valence-corrected chi connectivity index (χ3v) is 3.67. The summed E-state index contributed by atoms with van der Waals surface area (Å²) in [5.74, 6) is 0.0268. The third kappa shape index (κ3) is 6.74. The molecule has 0 aliphatic heterocycles. The van der Waals surface area contributed by atoms with Gasteiger partial charge in [0.2, 0.25) is 5.91 Å². The number of amides is 1. The first kappa shape index (κ1) is 19.8. The summed E-state index contributed by atoms with van der Waals surface area (Å²) in [6, 6.07) is 14.0. The molecule has 138 valence electrons. The topological polar surface area (TPSA) is 78.9 Å². The van der Waals surface area contributed by atoms with E-state index in [2.05, 4.69) is 5.32 Å². The van der Waals surface area contributed by atoms with Crippen molar-refractivity contribution in [2.75, 3.05) is 25.0 Å². The number of nitrogens with one attached hydrogen (secondary N) is 1. The van der Waals surface area contributed by atoms with Crippen LogP contribution >= 0.6 is 11.6 Å². The summed E-state index contributed by atoms with van der Waals surface area (Å²) in [6.07, 6.45) is 0.774. The molecule has 0 aliphatic rings. The van der Waals surface area contributed by atoms with Crippen molar-refractivity contribution in [1.82, 2.24) is 4.90 Å². The Morgan fingerprint density at radius 1 is 1.12 bits per heavy atom. The summed E-state index contributed by atoms with van der Waals surface area (Å²) < 4.78 is 5.69. The highest BCUT2D eigenvalue weighted by Gasteiger charge is 2.13. The van der Waals surface area contributed by atoms with Crippen LogP contribution in [0.15, 0.2) is 48.5 Å². The van der Waals surface area contributed by atoms with Crippen LogP contribution in [0.4, 0.5) is 5.69 Å². The van der Waals surface area contributed by atoms with Crippen LogP contribution in [0.5, 0.6) is 11.5 Å². The minimum Gasteiger partial charge on any atom is -0.480 e. The number of carbonyl (C=O) groups is 2. The second-order valence-electron chi connectivity index (χ2n) is 5.74. The number of rotatable bonds is 9. The number of hydrogen-bond donors (Lipinski definition) is 2. The Balaban J connectivity index is 1.91. The monoisotopic (exact) mass is 376 g/mol. The molecular formula is C19H21ClN2O4. The van der Waals surface area contributed by atoms with E-state index in [1.54, 1.807) is 53.4 Å². The van der Waals surface area contributed by atoms with E-state index in [1.165, 1.54) is 0 Å². The van der Waals surface area contributed by atoms with Gasteiger partial charge in [-0.1, -0.05) is 24.6 Å². The molecule has 6 nitrogen and oxygen atoms in total. The molecule has 0 heterocycles. The summed E-state index contributed by atoms with van der Waals surface area (Å²) in [4.78, 5) is 24.5. The van der Waals surface area contributed by atoms with Crippen LogP contribution in [0, 0.1) is 0 Å². The second kappa shape index (κ2) is 9.79. The molecule has 7 heteroatoms. The van der Waals surface area contributed by atoms with E-state index in [-0.39, 0.29) is 19.0 Å². The van der Waals surface area contributed by atoms with E-state index >= 15 is 0 Å². The summed E-state index contributed by atoms with van der Waals surface area (Å²) in [6.45, 7) is 2.35. The standard InChI is InChI=1S/C19H21ClN2O4/c1-2-10-22(13-19(24)25)12-18(23)21-15-6-8-16(9-7-15)26-17-5-3-4-14(20)11-17/h3-9,11H,2,10,12-13H2,1H3,(H,21,23)(H,24,25). The predicted molar refractivity (Wildman–Crippen MR) is 101 cm³/mol. The number of carbonyl (C=O) groups excluding carboxylic acids is 1. The number of hydrogen-bond acceptors (Lipinski definition) is 4. The van der Waals surface area contributed by atoms with Gasteiger partial charge in [-0.3, -0.25) is 14.5 Å². The Hall–Kier alpha value is -2.57. The molecule has 0 bridgehead atoms. The van der Waals surface area contributed by atoms with Crippen molar-refractivity contribution < 1.29 is 19.4 Å². The minimum atomic E-state index is -0.950. The van der Waals surface area contributed by atoms with Gasteiger partial charge < -0.3 is 15.2 Å². The molecule has 0 saturated heterocycles. The molecule has 0 saturated carbocycles. The summed E-state index contributed by atoms with van der Waals surface area (Å²) in [7, 11) is 0.